The molecule has 1 rings (SSSR count). The minimum atomic E-state index is -0.268. The van der Waals surface area contributed by atoms with Crippen molar-refractivity contribution in [2.24, 2.45) is 0 Å². The zero-order valence-electron chi connectivity index (χ0n) is 10.2. The second kappa shape index (κ2) is 6.75. The third-order valence-electron chi connectivity index (χ3n) is 2.30. The lowest BCUT2D eigenvalue weighted by Crippen LogP contribution is -2.36. The van der Waals surface area contributed by atoms with E-state index in [-0.39, 0.29) is 19.2 Å². The van der Waals surface area contributed by atoms with Gasteiger partial charge in [-0.15, -0.1) is 0 Å². The van der Waals surface area contributed by atoms with Crippen LogP contribution < -0.4 is 15.5 Å². The van der Waals surface area contributed by atoms with Gasteiger partial charge in [0.15, 0.2) is 0 Å². The molecule has 2 amide bonds. The lowest BCUT2D eigenvalue weighted by Gasteiger charge is -2.13. The molecule has 0 aliphatic carbocycles. The first-order valence-corrected chi connectivity index (χ1v) is 5.52. The summed E-state index contributed by atoms with van der Waals surface area (Å²) in [7, 11) is 3.96. The van der Waals surface area contributed by atoms with Crippen molar-refractivity contribution < 1.29 is 9.90 Å². The van der Waals surface area contributed by atoms with Gasteiger partial charge in [-0.05, 0) is 17.7 Å². The van der Waals surface area contributed by atoms with E-state index in [2.05, 4.69) is 10.6 Å². The third kappa shape index (κ3) is 4.74. The van der Waals surface area contributed by atoms with Gasteiger partial charge in [0.2, 0.25) is 0 Å². The van der Waals surface area contributed by atoms with Crippen LogP contribution in [0.1, 0.15) is 5.56 Å². The molecule has 5 heteroatoms. The Balaban J connectivity index is 2.39. The molecular formula is C12H19N3O2. The normalized spacial score (nSPS) is 9.82. The Kier molecular flexibility index (Phi) is 5.29. The lowest BCUT2D eigenvalue weighted by atomic mass is 10.2. The number of aliphatic hydroxyl groups is 1. The molecule has 0 aliphatic rings. The molecule has 3 N–H and O–H groups in total. The molecular weight excluding hydrogens is 218 g/mol. The van der Waals surface area contributed by atoms with Gasteiger partial charge in [0.05, 0.1) is 6.61 Å². The highest BCUT2D eigenvalue weighted by Crippen LogP contribution is 2.11. The van der Waals surface area contributed by atoms with E-state index in [1.807, 2.05) is 43.3 Å². The first-order chi connectivity index (χ1) is 8.13. The number of anilines is 1. The average molecular weight is 237 g/mol. The van der Waals surface area contributed by atoms with Crippen molar-refractivity contribution >= 4 is 11.7 Å². The van der Waals surface area contributed by atoms with Crippen molar-refractivity contribution in [3.8, 4) is 0 Å². The summed E-state index contributed by atoms with van der Waals surface area (Å²) in [5.41, 5.74) is 2.16. The van der Waals surface area contributed by atoms with Crippen molar-refractivity contribution in [3.05, 3.63) is 29.8 Å². The van der Waals surface area contributed by atoms with Gasteiger partial charge in [-0.1, -0.05) is 12.1 Å². The Morgan fingerprint density at radius 3 is 2.41 bits per heavy atom. The van der Waals surface area contributed by atoms with Crippen molar-refractivity contribution in [2.45, 2.75) is 6.54 Å². The summed E-state index contributed by atoms with van der Waals surface area (Å²) >= 11 is 0. The van der Waals surface area contributed by atoms with Gasteiger partial charge < -0.3 is 20.6 Å². The summed E-state index contributed by atoms with van der Waals surface area (Å²) in [6, 6.07) is 7.69. The maximum absolute atomic E-state index is 11.2. The quantitative estimate of drug-likeness (QED) is 0.700. The van der Waals surface area contributed by atoms with E-state index < -0.39 is 0 Å². The fourth-order valence-corrected chi connectivity index (χ4v) is 1.33. The summed E-state index contributed by atoms with van der Waals surface area (Å²) in [5, 5.41) is 13.8. The molecule has 1 aromatic carbocycles. The van der Waals surface area contributed by atoms with E-state index in [0.717, 1.165) is 11.3 Å². The van der Waals surface area contributed by atoms with Crippen LogP contribution in [-0.4, -0.2) is 38.4 Å². The van der Waals surface area contributed by atoms with E-state index in [9.17, 15) is 4.79 Å². The molecule has 17 heavy (non-hydrogen) atoms. The second-order valence-corrected chi connectivity index (χ2v) is 3.89. The van der Waals surface area contributed by atoms with E-state index in [0.29, 0.717) is 6.54 Å². The van der Waals surface area contributed by atoms with Gasteiger partial charge in [0, 0.05) is 32.9 Å². The number of rotatable bonds is 5. The summed E-state index contributed by atoms with van der Waals surface area (Å²) < 4.78 is 0. The minimum Gasteiger partial charge on any atom is -0.395 e. The van der Waals surface area contributed by atoms with Crippen LogP contribution in [0.15, 0.2) is 24.3 Å². The number of nitrogens with zero attached hydrogens (tertiary/aromatic N) is 1. The smallest absolute Gasteiger partial charge is 0.315 e. The largest absolute Gasteiger partial charge is 0.395 e. The Labute approximate surface area is 101 Å². The Morgan fingerprint density at radius 2 is 1.88 bits per heavy atom. The number of hydrogen-bond acceptors (Lipinski definition) is 3. The summed E-state index contributed by atoms with van der Waals surface area (Å²) in [4.78, 5) is 13.2. The van der Waals surface area contributed by atoms with Gasteiger partial charge in [-0.2, -0.15) is 0 Å². The first-order valence-electron chi connectivity index (χ1n) is 5.52. The predicted octanol–water partition coefficient (Wildman–Crippen LogP) is 0.544. The van der Waals surface area contributed by atoms with Gasteiger partial charge in [0.25, 0.3) is 0 Å². The highest BCUT2D eigenvalue weighted by atomic mass is 16.3. The number of urea groups is 1. The molecule has 0 atom stereocenters. The fourth-order valence-electron chi connectivity index (χ4n) is 1.33. The number of aliphatic hydroxyl groups excluding tert-OH is 1. The fraction of sp³-hybridized carbons (Fsp3) is 0.417. The lowest BCUT2D eigenvalue weighted by molar-refractivity contribution is 0.234. The first kappa shape index (κ1) is 13.3. The topological polar surface area (TPSA) is 64.6 Å². The Hall–Kier alpha value is -1.75. The molecule has 0 fully saturated rings. The Bertz CT molecular complexity index is 349. The molecule has 1 aromatic rings. The minimum absolute atomic E-state index is 0.0506. The molecule has 0 spiro atoms. The number of benzene rings is 1. The molecule has 0 saturated heterocycles. The van der Waals surface area contributed by atoms with Crippen LogP contribution in [0.3, 0.4) is 0 Å². The van der Waals surface area contributed by atoms with Crippen LogP contribution in [0.25, 0.3) is 0 Å². The number of carbonyl (C=O) groups is 1. The summed E-state index contributed by atoms with van der Waals surface area (Å²) in [6.07, 6.45) is 0. The van der Waals surface area contributed by atoms with E-state index in [1.54, 1.807) is 0 Å². The van der Waals surface area contributed by atoms with Crippen LogP contribution >= 0.6 is 0 Å². The van der Waals surface area contributed by atoms with Gasteiger partial charge >= 0.3 is 6.03 Å². The maximum Gasteiger partial charge on any atom is 0.315 e. The second-order valence-electron chi connectivity index (χ2n) is 3.89. The number of amides is 2. The number of hydrogen-bond donors (Lipinski definition) is 3. The molecule has 0 aliphatic heterocycles. The molecule has 0 aromatic heterocycles. The molecule has 0 bridgehead atoms. The SMILES string of the molecule is CN(C)c1ccc(CNC(=O)NCCO)cc1. The van der Waals surface area contributed by atoms with Crippen molar-refractivity contribution in [3.63, 3.8) is 0 Å². The number of carbonyl (C=O) groups excluding carboxylic acids is 1. The maximum atomic E-state index is 11.2. The van der Waals surface area contributed by atoms with Crippen LogP contribution in [0, 0.1) is 0 Å². The monoisotopic (exact) mass is 237 g/mol. The molecule has 0 unspecified atom stereocenters. The third-order valence-corrected chi connectivity index (χ3v) is 2.30. The zero-order valence-corrected chi connectivity index (χ0v) is 10.2. The van der Waals surface area contributed by atoms with Crippen molar-refractivity contribution in [1.29, 1.82) is 0 Å². The van der Waals surface area contributed by atoms with E-state index in [4.69, 9.17) is 5.11 Å². The molecule has 94 valence electrons. The molecule has 0 heterocycles. The van der Waals surface area contributed by atoms with Crippen LogP contribution in [-0.2, 0) is 6.54 Å². The van der Waals surface area contributed by atoms with Crippen LogP contribution in [0.5, 0.6) is 0 Å². The molecule has 0 radical (unpaired) electrons. The van der Waals surface area contributed by atoms with Crippen molar-refractivity contribution in [2.75, 3.05) is 32.1 Å². The zero-order chi connectivity index (χ0) is 12.7. The summed E-state index contributed by atoms with van der Waals surface area (Å²) in [6.45, 7) is 0.696. The Morgan fingerprint density at radius 1 is 1.24 bits per heavy atom. The average Bonchev–Trinajstić information content (AvgIpc) is 2.34. The predicted molar refractivity (Wildman–Crippen MR) is 68.1 cm³/mol. The highest BCUT2D eigenvalue weighted by Gasteiger charge is 2.00. The number of nitrogens with one attached hydrogen (secondary N) is 2. The summed E-state index contributed by atoms with van der Waals surface area (Å²) in [5.74, 6) is 0. The van der Waals surface area contributed by atoms with E-state index in [1.165, 1.54) is 0 Å². The highest BCUT2D eigenvalue weighted by molar-refractivity contribution is 5.73. The van der Waals surface area contributed by atoms with Gasteiger partial charge in [-0.25, -0.2) is 4.79 Å². The van der Waals surface area contributed by atoms with E-state index >= 15 is 0 Å². The van der Waals surface area contributed by atoms with Gasteiger partial charge in [0.1, 0.15) is 0 Å². The molecule has 0 saturated carbocycles. The standard InChI is InChI=1S/C12H19N3O2/c1-15(2)11-5-3-10(4-6-11)9-14-12(17)13-7-8-16/h3-6,16H,7-9H2,1-2H3,(H2,13,14,17). The molecule has 5 nitrogen and oxygen atoms in total. The van der Waals surface area contributed by atoms with Crippen LogP contribution in [0.2, 0.25) is 0 Å². The van der Waals surface area contributed by atoms with Crippen LogP contribution in [0.4, 0.5) is 10.5 Å². The van der Waals surface area contributed by atoms with Crippen molar-refractivity contribution in [1.82, 2.24) is 10.6 Å². The van der Waals surface area contributed by atoms with Gasteiger partial charge in [-0.3, -0.25) is 0 Å².